The summed E-state index contributed by atoms with van der Waals surface area (Å²) in [5, 5.41) is 21.9. The van der Waals surface area contributed by atoms with Gasteiger partial charge >= 0.3 is 6.09 Å². The van der Waals surface area contributed by atoms with Gasteiger partial charge in [0.25, 0.3) is 0 Å². The van der Waals surface area contributed by atoms with Gasteiger partial charge in [0.1, 0.15) is 28.8 Å². The van der Waals surface area contributed by atoms with E-state index in [1.807, 2.05) is 13.8 Å². The molecule has 0 saturated carbocycles. The summed E-state index contributed by atoms with van der Waals surface area (Å²) < 4.78 is 6.35. The molecule has 172 valence electrons. The van der Waals surface area contributed by atoms with E-state index >= 15 is 0 Å². The molecule has 2 fully saturated rings. The lowest BCUT2D eigenvalue weighted by atomic mass is 9.95. The first-order valence-corrected chi connectivity index (χ1v) is 11.1. The molecule has 0 aromatic carbocycles. The number of aliphatic hydroxyl groups excluding tert-OH is 1. The van der Waals surface area contributed by atoms with Crippen molar-refractivity contribution in [1.82, 2.24) is 30.5 Å². The molecule has 1 aromatic heterocycles. The maximum absolute atomic E-state index is 12.9. The number of hydrogen-bond acceptors (Lipinski definition) is 8. The highest BCUT2D eigenvalue weighted by molar-refractivity contribution is 8.01. The molecule has 3 heterocycles. The topological polar surface area (TPSA) is 139 Å². The molecule has 0 spiro atoms. The van der Waals surface area contributed by atoms with Gasteiger partial charge < -0.3 is 25.4 Å². The number of amides is 3. The van der Waals surface area contributed by atoms with Gasteiger partial charge in [0.05, 0.1) is 12.8 Å². The van der Waals surface area contributed by atoms with E-state index in [-0.39, 0.29) is 23.8 Å². The summed E-state index contributed by atoms with van der Waals surface area (Å²) in [5.74, 6) is -0.507. The Morgan fingerprint density at radius 1 is 1.35 bits per heavy atom. The zero-order valence-corrected chi connectivity index (χ0v) is 19.2. The number of aromatic nitrogens is 3. The number of β-lactam (4-membered cyclic amide) rings is 1. The van der Waals surface area contributed by atoms with Crippen LogP contribution < -0.4 is 10.6 Å². The number of carbonyl (C=O) groups is 3. The fourth-order valence-corrected chi connectivity index (χ4v) is 5.31. The van der Waals surface area contributed by atoms with E-state index in [1.54, 1.807) is 36.5 Å². The van der Waals surface area contributed by atoms with Crippen molar-refractivity contribution < 1.29 is 24.2 Å². The lowest BCUT2D eigenvalue weighted by Gasteiger charge is -2.44. The van der Waals surface area contributed by atoms with Crippen molar-refractivity contribution in [3.8, 4) is 0 Å². The zero-order valence-electron chi connectivity index (χ0n) is 18.4. The second kappa shape index (κ2) is 8.65. The molecule has 0 bridgehead atoms. The van der Waals surface area contributed by atoms with Gasteiger partial charge in [-0.15, -0.1) is 16.9 Å². The van der Waals surface area contributed by atoms with E-state index in [0.29, 0.717) is 25.2 Å². The van der Waals surface area contributed by atoms with Crippen LogP contribution in [0, 0.1) is 0 Å². The van der Waals surface area contributed by atoms with Gasteiger partial charge in [0.2, 0.25) is 11.8 Å². The third kappa shape index (κ3) is 5.12. The molecular weight excluding hydrogens is 424 g/mol. The van der Waals surface area contributed by atoms with Crippen LogP contribution >= 0.6 is 11.8 Å². The van der Waals surface area contributed by atoms with Crippen LogP contribution in [0.25, 0.3) is 0 Å². The summed E-state index contributed by atoms with van der Waals surface area (Å²) in [6.07, 6.45) is 1.63. The van der Waals surface area contributed by atoms with Crippen LogP contribution in [0.15, 0.2) is 6.20 Å². The van der Waals surface area contributed by atoms with Crippen LogP contribution in [0.5, 0.6) is 0 Å². The van der Waals surface area contributed by atoms with Crippen molar-refractivity contribution in [3.05, 3.63) is 11.9 Å². The number of rotatable bonds is 7. The monoisotopic (exact) mass is 454 g/mol. The molecule has 1 aromatic rings. The molecule has 3 N–H and O–H groups in total. The fraction of sp³-hybridized carbons (Fsp3) is 0.737. The van der Waals surface area contributed by atoms with E-state index in [9.17, 15) is 14.4 Å². The fourth-order valence-electron chi connectivity index (χ4n) is 3.68. The Bertz CT molecular complexity index is 851. The summed E-state index contributed by atoms with van der Waals surface area (Å²) in [6.45, 7) is 9.89. The summed E-state index contributed by atoms with van der Waals surface area (Å²) >= 11 is 1.50. The smallest absolute Gasteiger partial charge is 0.408 e. The van der Waals surface area contributed by atoms with Gasteiger partial charge in [0, 0.05) is 17.8 Å². The first-order valence-electron chi connectivity index (χ1n) is 10.2. The summed E-state index contributed by atoms with van der Waals surface area (Å²) in [7, 11) is 0. The van der Waals surface area contributed by atoms with Crippen LogP contribution in [-0.2, 0) is 27.5 Å². The molecule has 3 amide bonds. The molecular formula is C19H30N6O5S. The Hall–Kier alpha value is -2.34. The van der Waals surface area contributed by atoms with Crippen molar-refractivity contribution in [2.45, 2.75) is 82.0 Å². The largest absolute Gasteiger partial charge is 0.444 e. The number of aliphatic hydroxyl groups is 1. The number of alkyl carbamates (subject to hydrolysis) is 1. The van der Waals surface area contributed by atoms with Gasteiger partial charge in [-0.25, -0.2) is 4.79 Å². The average Bonchev–Trinajstić information content (AvgIpc) is 3.21. The molecule has 11 nitrogen and oxygen atoms in total. The minimum Gasteiger partial charge on any atom is -0.444 e. The van der Waals surface area contributed by atoms with E-state index in [4.69, 9.17) is 9.84 Å². The molecule has 2 aliphatic rings. The second-order valence-electron chi connectivity index (χ2n) is 9.16. The van der Waals surface area contributed by atoms with Gasteiger partial charge in [-0.3, -0.25) is 14.3 Å². The van der Waals surface area contributed by atoms with Crippen molar-refractivity contribution in [2.75, 3.05) is 6.54 Å². The Morgan fingerprint density at radius 3 is 2.68 bits per heavy atom. The molecule has 0 unspecified atom stereocenters. The van der Waals surface area contributed by atoms with Crippen molar-refractivity contribution in [1.29, 1.82) is 0 Å². The highest BCUT2D eigenvalue weighted by atomic mass is 32.2. The molecule has 3 rings (SSSR count). The minimum atomic E-state index is -0.704. The number of fused-ring (bicyclic) bond motifs is 1. The highest BCUT2D eigenvalue weighted by Gasteiger charge is 2.64. The SMILES string of the molecule is CC(C)(C)OC(=O)N[C@@H]1C(=O)N2[C@@H]1SC(C)(C)[C@@H]2C(=O)NCCCn1cc(CO)nn1. The third-order valence-corrected chi connectivity index (χ3v) is 6.54. The Balaban J connectivity index is 1.52. The quantitative estimate of drug-likeness (QED) is 0.393. The van der Waals surface area contributed by atoms with E-state index < -0.39 is 28.5 Å². The standard InChI is InChI=1S/C19H30N6O5S/c1-18(2,3)30-17(29)21-12-15(28)25-13(19(4,5)31-16(12)25)14(27)20-7-6-8-24-9-11(10-26)22-23-24/h9,12-13,16,26H,6-8,10H2,1-5H3,(H,20,27)(H,21,29)/t12-,13+,16-/m1/s1. The molecule has 2 saturated heterocycles. The Kier molecular flexibility index (Phi) is 6.51. The van der Waals surface area contributed by atoms with Crippen LogP contribution in [0.2, 0.25) is 0 Å². The number of nitrogens with one attached hydrogen (secondary N) is 2. The van der Waals surface area contributed by atoms with E-state index in [0.717, 1.165) is 0 Å². The maximum Gasteiger partial charge on any atom is 0.408 e. The third-order valence-electron chi connectivity index (χ3n) is 4.97. The average molecular weight is 455 g/mol. The zero-order chi connectivity index (χ0) is 23.0. The van der Waals surface area contributed by atoms with Crippen LogP contribution in [-0.4, -0.2) is 77.3 Å². The number of aryl methyl sites for hydroxylation is 1. The molecule has 0 aliphatic carbocycles. The van der Waals surface area contributed by atoms with Gasteiger partial charge in [-0.2, -0.15) is 0 Å². The van der Waals surface area contributed by atoms with Gasteiger partial charge in [-0.05, 0) is 41.0 Å². The van der Waals surface area contributed by atoms with E-state index in [1.165, 1.54) is 11.8 Å². The lowest BCUT2D eigenvalue weighted by molar-refractivity contribution is -0.153. The number of nitrogens with zero attached hydrogens (tertiary/aromatic N) is 4. The molecule has 12 heteroatoms. The minimum absolute atomic E-state index is 0.167. The maximum atomic E-state index is 12.9. The number of carbonyl (C=O) groups excluding carboxylic acids is 3. The summed E-state index contributed by atoms with van der Waals surface area (Å²) in [5.41, 5.74) is -0.168. The first-order chi connectivity index (χ1) is 14.4. The van der Waals surface area contributed by atoms with Gasteiger partial charge in [-0.1, -0.05) is 5.21 Å². The Labute approximate surface area is 185 Å². The number of ether oxygens (including phenoxy) is 1. The predicted molar refractivity (Wildman–Crippen MR) is 113 cm³/mol. The van der Waals surface area contributed by atoms with Gasteiger partial charge in [0.15, 0.2) is 0 Å². The van der Waals surface area contributed by atoms with Crippen molar-refractivity contribution in [2.24, 2.45) is 0 Å². The highest BCUT2D eigenvalue weighted by Crippen LogP contribution is 2.50. The van der Waals surface area contributed by atoms with Crippen LogP contribution in [0.4, 0.5) is 4.79 Å². The summed E-state index contributed by atoms with van der Waals surface area (Å²) in [6, 6.07) is -1.33. The lowest BCUT2D eigenvalue weighted by Crippen LogP contribution is -2.71. The first kappa shape index (κ1) is 23.3. The normalized spacial score (nSPS) is 24.4. The Morgan fingerprint density at radius 2 is 2.06 bits per heavy atom. The predicted octanol–water partition coefficient (Wildman–Crippen LogP) is 0.232. The molecule has 31 heavy (non-hydrogen) atoms. The number of thioether (sulfide) groups is 1. The molecule has 0 radical (unpaired) electrons. The second-order valence-corrected chi connectivity index (χ2v) is 10.9. The van der Waals surface area contributed by atoms with E-state index in [2.05, 4.69) is 20.9 Å². The molecule has 3 atom stereocenters. The van der Waals surface area contributed by atoms with Crippen molar-refractivity contribution >= 4 is 29.7 Å². The van der Waals surface area contributed by atoms with Crippen molar-refractivity contribution in [3.63, 3.8) is 0 Å². The molecule has 2 aliphatic heterocycles. The summed E-state index contributed by atoms with van der Waals surface area (Å²) in [4.78, 5) is 39.2. The number of hydrogen-bond donors (Lipinski definition) is 3. The van der Waals surface area contributed by atoms with Crippen LogP contribution in [0.3, 0.4) is 0 Å². The van der Waals surface area contributed by atoms with Crippen LogP contribution in [0.1, 0.15) is 46.7 Å².